The molecule has 0 fully saturated rings. The summed E-state index contributed by atoms with van der Waals surface area (Å²) >= 11 is 0. The van der Waals surface area contributed by atoms with Crippen LogP contribution in [0.15, 0.2) is 36.7 Å². The molecule has 7 heteroatoms. The fraction of sp³-hybridized carbons (Fsp3) is 0.630. The van der Waals surface area contributed by atoms with Crippen molar-refractivity contribution < 1.29 is 14.0 Å². The Labute approximate surface area is 207 Å². The fourth-order valence-corrected chi connectivity index (χ4v) is 4.40. The van der Waals surface area contributed by atoms with Crippen molar-refractivity contribution in [1.82, 2.24) is 15.2 Å². The average molecular weight is 488 g/mol. The van der Waals surface area contributed by atoms with E-state index in [2.05, 4.69) is 69.3 Å². The van der Waals surface area contributed by atoms with Gasteiger partial charge >= 0.3 is 6.09 Å². The Morgan fingerprint density at radius 1 is 1.12 bits per heavy atom. The largest absolute Gasteiger partial charge is 0.444 e. The Bertz CT molecular complexity index is 935. The van der Waals surface area contributed by atoms with Crippen LogP contribution in [0.3, 0.4) is 0 Å². The molecule has 2 aromatic rings. The zero-order valence-electron chi connectivity index (χ0n) is 22.7. The van der Waals surface area contributed by atoms with E-state index in [-0.39, 0.29) is 17.2 Å². The van der Waals surface area contributed by atoms with E-state index in [0.29, 0.717) is 19.7 Å². The van der Waals surface area contributed by atoms with Crippen LogP contribution in [0.2, 0.25) is 18.1 Å². The SMILES string of the molecule is C[C@@H](CN(CCCO[Si](C)(C)C(C)(C)C)C(=O)OC(C)(C)C)NCc1ccc2cnccc2c1. The summed E-state index contributed by atoms with van der Waals surface area (Å²) in [6, 6.07) is 8.54. The van der Waals surface area contributed by atoms with Crippen LogP contribution in [0.25, 0.3) is 10.8 Å². The minimum absolute atomic E-state index is 0.113. The van der Waals surface area contributed by atoms with Crippen LogP contribution in [0, 0.1) is 0 Å². The highest BCUT2D eigenvalue weighted by Crippen LogP contribution is 2.36. The second-order valence-electron chi connectivity index (χ2n) is 11.7. The van der Waals surface area contributed by atoms with Gasteiger partial charge < -0.3 is 19.4 Å². The molecule has 0 saturated carbocycles. The quantitative estimate of drug-likeness (QED) is 0.312. The molecular formula is C27H45N3O3Si. The highest BCUT2D eigenvalue weighted by atomic mass is 28.4. The second-order valence-corrected chi connectivity index (χ2v) is 16.5. The molecular weight excluding hydrogens is 442 g/mol. The predicted octanol–water partition coefficient (Wildman–Crippen LogP) is 6.36. The normalized spacial score (nSPS) is 13.7. The van der Waals surface area contributed by atoms with Crippen LogP contribution >= 0.6 is 0 Å². The van der Waals surface area contributed by atoms with E-state index in [4.69, 9.17) is 9.16 Å². The topological polar surface area (TPSA) is 63.7 Å². The second kappa shape index (κ2) is 11.6. The number of fused-ring (bicyclic) bond motifs is 1. The minimum Gasteiger partial charge on any atom is -0.444 e. The van der Waals surface area contributed by atoms with Crippen molar-refractivity contribution in [3.8, 4) is 0 Å². The molecule has 0 aliphatic heterocycles. The number of carbonyl (C=O) groups is 1. The van der Waals surface area contributed by atoms with E-state index in [1.54, 1.807) is 0 Å². The maximum absolute atomic E-state index is 12.9. The molecule has 0 unspecified atom stereocenters. The Balaban J connectivity index is 1.94. The lowest BCUT2D eigenvalue weighted by Gasteiger charge is -2.36. The van der Waals surface area contributed by atoms with Crippen LogP contribution in [0.5, 0.6) is 0 Å². The Kier molecular flexibility index (Phi) is 9.68. The molecule has 1 aromatic heterocycles. The Morgan fingerprint density at radius 3 is 2.47 bits per heavy atom. The summed E-state index contributed by atoms with van der Waals surface area (Å²) < 4.78 is 12.0. The third-order valence-corrected chi connectivity index (χ3v) is 10.9. The summed E-state index contributed by atoms with van der Waals surface area (Å²) in [5, 5.41) is 6.05. The van der Waals surface area contributed by atoms with Gasteiger partial charge in [-0.25, -0.2) is 4.79 Å². The summed E-state index contributed by atoms with van der Waals surface area (Å²) in [6.07, 6.45) is 4.21. The van der Waals surface area contributed by atoms with Crippen LogP contribution in [0.4, 0.5) is 4.79 Å². The van der Waals surface area contributed by atoms with Crippen molar-refractivity contribution >= 4 is 25.2 Å². The first-order valence-electron chi connectivity index (χ1n) is 12.4. The van der Waals surface area contributed by atoms with Crippen molar-refractivity contribution in [2.24, 2.45) is 0 Å². The molecule has 0 aliphatic rings. The fourth-order valence-electron chi connectivity index (χ4n) is 3.31. The highest BCUT2D eigenvalue weighted by Gasteiger charge is 2.37. The molecule has 1 atom stereocenters. The number of nitrogens with zero attached hydrogens (tertiary/aromatic N) is 2. The molecule has 34 heavy (non-hydrogen) atoms. The zero-order chi connectivity index (χ0) is 25.6. The first-order valence-corrected chi connectivity index (χ1v) is 15.3. The molecule has 6 nitrogen and oxygen atoms in total. The highest BCUT2D eigenvalue weighted by molar-refractivity contribution is 6.74. The van der Waals surface area contributed by atoms with Gasteiger partial charge in [-0.05, 0) is 75.3 Å². The third kappa shape index (κ3) is 9.00. The Morgan fingerprint density at radius 2 is 1.82 bits per heavy atom. The van der Waals surface area contributed by atoms with E-state index in [0.717, 1.165) is 18.4 Å². The van der Waals surface area contributed by atoms with Crippen molar-refractivity contribution in [2.75, 3.05) is 19.7 Å². The molecule has 0 saturated heterocycles. The number of carbonyl (C=O) groups excluding carboxylic acids is 1. The number of nitrogens with one attached hydrogen (secondary N) is 1. The maximum atomic E-state index is 12.9. The number of hydrogen-bond acceptors (Lipinski definition) is 5. The van der Waals surface area contributed by atoms with Gasteiger partial charge in [0, 0.05) is 50.1 Å². The van der Waals surface area contributed by atoms with E-state index in [9.17, 15) is 4.79 Å². The number of hydrogen-bond donors (Lipinski definition) is 1. The summed E-state index contributed by atoms with van der Waals surface area (Å²) in [5.41, 5.74) is 0.681. The van der Waals surface area contributed by atoms with Gasteiger partial charge in [-0.2, -0.15) is 0 Å². The molecule has 1 amide bonds. The van der Waals surface area contributed by atoms with Crippen LogP contribution in [0.1, 0.15) is 60.5 Å². The minimum atomic E-state index is -1.80. The van der Waals surface area contributed by atoms with Gasteiger partial charge in [-0.1, -0.05) is 32.9 Å². The van der Waals surface area contributed by atoms with Gasteiger partial charge in [0.2, 0.25) is 0 Å². The van der Waals surface area contributed by atoms with Crippen LogP contribution in [-0.4, -0.2) is 55.6 Å². The third-order valence-electron chi connectivity index (χ3n) is 6.35. The van der Waals surface area contributed by atoms with Crippen molar-refractivity contribution in [1.29, 1.82) is 0 Å². The van der Waals surface area contributed by atoms with E-state index in [1.807, 2.05) is 44.1 Å². The number of benzene rings is 1. The summed E-state index contributed by atoms with van der Waals surface area (Å²) in [6.45, 7) is 21.6. The van der Waals surface area contributed by atoms with Crippen molar-refractivity contribution in [2.45, 2.75) is 91.2 Å². The molecule has 1 aromatic carbocycles. The number of amides is 1. The van der Waals surface area contributed by atoms with Gasteiger partial charge in [0.05, 0.1) is 0 Å². The molecule has 2 rings (SSSR count). The lowest BCUT2D eigenvalue weighted by Crippen LogP contribution is -2.45. The van der Waals surface area contributed by atoms with Crippen LogP contribution < -0.4 is 5.32 Å². The summed E-state index contributed by atoms with van der Waals surface area (Å²) in [5.74, 6) is 0. The first kappa shape index (κ1) is 28.3. The summed E-state index contributed by atoms with van der Waals surface area (Å²) in [7, 11) is -1.80. The van der Waals surface area contributed by atoms with Crippen molar-refractivity contribution in [3.63, 3.8) is 0 Å². The van der Waals surface area contributed by atoms with E-state index in [1.165, 1.54) is 10.9 Å². The predicted molar refractivity (Wildman–Crippen MR) is 144 cm³/mol. The smallest absolute Gasteiger partial charge is 0.410 e. The molecule has 0 spiro atoms. The molecule has 0 radical (unpaired) electrons. The first-order chi connectivity index (χ1) is 15.7. The van der Waals surface area contributed by atoms with Crippen molar-refractivity contribution in [3.05, 3.63) is 42.2 Å². The number of ether oxygens (including phenoxy) is 1. The monoisotopic (exact) mass is 487 g/mol. The maximum Gasteiger partial charge on any atom is 0.410 e. The zero-order valence-corrected chi connectivity index (χ0v) is 23.7. The van der Waals surface area contributed by atoms with Gasteiger partial charge in [-0.3, -0.25) is 4.98 Å². The van der Waals surface area contributed by atoms with E-state index < -0.39 is 13.9 Å². The van der Waals surface area contributed by atoms with E-state index >= 15 is 0 Å². The lowest BCUT2D eigenvalue weighted by molar-refractivity contribution is 0.0226. The number of pyridine rings is 1. The molecule has 190 valence electrons. The lowest BCUT2D eigenvalue weighted by atomic mass is 10.1. The molecule has 1 N–H and O–H groups in total. The van der Waals surface area contributed by atoms with Gasteiger partial charge in [0.25, 0.3) is 0 Å². The van der Waals surface area contributed by atoms with Crippen LogP contribution in [-0.2, 0) is 15.7 Å². The Hall–Kier alpha value is -1.96. The molecule has 0 bridgehead atoms. The summed E-state index contributed by atoms with van der Waals surface area (Å²) in [4.78, 5) is 18.9. The average Bonchev–Trinajstić information content (AvgIpc) is 2.72. The van der Waals surface area contributed by atoms with Gasteiger partial charge in [0.15, 0.2) is 8.32 Å². The van der Waals surface area contributed by atoms with Gasteiger partial charge in [0.1, 0.15) is 5.60 Å². The molecule has 1 heterocycles. The van der Waals surface area contributed by atoms with Gasteiger partial charge in [-0.15, -0.1) is 0 Å². The molecule has 0 aliphatic carbocycles. The number of aromatic nitrogens is 1. The number of rotatable bonds is 10. The standard InChI is InChI=1S/C27H45N3O3Si/c1-21(29-18-22-11-12-24-19-28-14-13-23(24)17-22)20-30(25(31)33-26(2,3)4)15-10-16-32-34(8,9)27(5,6)7/h11-14,17,19,21,29H,10,15-16,18,20H2,1-9H3/t21-/m0/s1.